The molecule has 7 nitrogen and oxygen atoms in total. The Labute approximate surface area is 199 Å². The van der Waals surface area contributed by atoms with Crippen molar-refractivity contribution in [1.82, 2.24) is 0 Å². The molecule has 0 unspecified atom stereocenters. The Morgan fingerprint density at radius 1 is 0.778 bits per heavy atom. The SMILES string of the molecule is Cc1cc(OCC(F)F)c2cc(C(=O)c3cc4c(C)cc(OCC(F)F)cc4oc3=O)c(=O)oc2c1. The molecule has 0 saturated carbocycles. The van der Waals surface area contributed by atoms with Crippen molar-refractivity contribution >= 4 is 27.7 Å². The van der Waals surface area contributed by atoms with Crippen LogP contribution in [0.25, 0.3) is 21.9 Å². The minimum Gasteiger partial charge on any atom is -0.487 e. The number of alkyl halides is 4. The third-order valence-corrected chi connectivity index (χ3v) is 5.22. The van der Waals surface area contributed by atoms with Gasteiger partial charge in [0.2, 0.25) is 5.78 Å². The van der Waals surface area contributed by atoms with E-state index >= 15 is 0 Å². The fraction of sp³-hybridized carbons (Fsp3) is 0.240. The first kappa shape index (κ1) is 25.0. The normalized spacial score (nSPS) is 11.6. The highest BCUT2D eigenvalue weighted by Crippen LogP contribution is 2.29. The van der Waals surface area contributed by atoms with Crippen LogP contribution in [0.1, 0.15) is 27.0 Å². The lowest BCUT2D eigenvalue weighted by atomic mass is 10.0. The van der Waals surface area contributed by atoms with Crippen LogP contribution in [0.5, 0.6) is 11.5 Å². The number of aryl methyl sites for hydroxylation is 2. The van der Waals surface area contributed by atoms with Crippen molar-refractivity contribution in [3.63, 3.8) is 0 Å². The van der Waals surface area contributed by atoms with E-state index in [4.69, 9.17) is 18.3 Å². The Morgan fingerprint density at radius 2 is 1.33 bits per heavy atom. The number of rotatable bonds is 8. The predicted octanol–water partition coefficient (Wildman–Crippen LogP) is 5.04. The summed E-state index contributed by atoms with van der Waals surface area (Å²) in [6.45, 7) is 1.45. The Kier molecular flexibility index (Phi) is 6.82. The molecule has 36 heavy (non-hydrogen) atoms. The van der Waals surface area contributed by atoms with Gasteiger partial charge in [0.1, 0.15) is 47.0 Å². The monoisotopic (exact) mass is 506 g/mol. The molecule has 0 fully saturated rings. The molecule has 0 aliphatic carbocycles. The average molecular weight is 506 g/mol. The summed E-state index contributed by atoms with van der Waals surface area (Å²) in [7, 11) is 0. The number of benzene rings is 2. The van der Waals surface area contributed by atoms with Gasteiger partial charge in [-0.15, -0.1) is 0 Å². The molecule has 2 aromatic heterocycles. The van der Waals surface area contributed by atoms with Crippen LogP contribution in [0.2, 0.25) is 0 Å². The van der Waals surface area contributed by atoms with Crippen molar-refractivity contribution in [2.45, 2.75) is 26.7 Å². The van der Waals surface area contributed by atoms with Gasteiger partial charge in [-0.25, -0.2) is 27.2 Å². The van der Waals surface area contributed by atoms with Crippen molar-refractivity contribution in [3.8, 4) is 11.5 Å². The van der Waals surface area contributed by atoms with E-state index in [-0.39, 0.29) is 28.1 Å². The Bertz CT molecular complexity index is 1590. The molecule has 0 bridgehead atoms. The molecule has 0 spiro atoms. The molecule has 11 heteroatoms. The number of ether oxygens (including phenoxy) is 2. The molecule has 2 aromatic carbocycles. The highest BCUT2D eigenvalue weighted by Gasteiger charge is 2.23. The van der Waals surface area contributed by atoms with Crippen LogP contribution < -0.4 is 20.7 Å². The average Bonchev–Trinajstić information content (AvgIpc) is 2.79. The van der Waals surface area contributed by atoms with Gasteiger partial charge in [-0.05, 0) is 55.3 Å². The van der Waals surface area contributed by atoms with Crippen LogP contribution in [0, 0.1) is 13.8 Å². The minimum absolute atomic E-state index is 0.00970. The summed E-state index contributed by atoms with van der Waals surface area (Å²) in [6, 6.07) is 7.91. The molecule has 188 valence electrons. The Hall–Kier alpha value is -4.15. The standard InChI is InChI=1S/C25H18F4O7/c1-11-3-18(34-10-22(28)29)15-8-17(25(32)35-19(15)4-11)23(30)16-7-14-12(2)5-13(33-9-21(26)27)6-20(14)36-24(16)31/h3-8,21-22H,9-10H2,1-2H3. The van der Waals surface area contributed by atoms with Crippen molar-refractivity contribution in [1.29, 1.82) is 0 Å². The van der Waals surface area contributed by atoms with Gasteiger partial charge in [-0.1, -0.05) is 0 Å². The zero-order valence-corrected chi connectivity index (χ0v) is 18.9. The number of ketones is 1. The molecule has 4 rings (SSSR count). The van der Waals surface area contributed by atoms with E-state index in [2.05, 4.69) is 0 Å². The zero-order valence-electron chi connectivity index (χ0n) is 18.9. The minimum atomic E-state index is -2.76. The predicted molar refractivity (Wildman–Crippen MR) is 121 cm³/mol. The van der Waals surface area contributed by atoms with Gasteiger partial charge in [0.05, 0.1) is 5.39 Å². The number of hydrogen-bond acceptors (Lipinski definition) is 7. The Morgan fingerprint density at radius 3 is 1.94 bits per heavy atom. The summed E-state index contributed by atoms with van der Waals surface area (Å²) in [5, 5.41) is 0.399. The summed E-state index contributed by atoms with van der Waals surface area (Å²) in [5.74, 6) is -0.996. The molecule has 0 atom stereocenters. The van der Waals surface area contributed by atoms with Crippen molar-refractivity contribution in [2.24, 2.45) is 0 Å². The second-order valence-corrected chi connectivity index (χ2v) is 7.96. The molecule has 0 amide bonds. The number of fused-ring (bicyclic) bond motifs is 2. The maximum atomic E-state index is 13.2. The lowest BCUT2D eigenvalue weighted by Crippen LogP contribution is -2.21. The maximum Gasteiger partial charge on any atom is 0.347 e. The van der Waals surface area contributed by atoms with Gasteiger partial charge in [-0.3, -0.25) is 4.79 Å². The molecular weight excluding hydrogens is 488 g/mol. The van der Waals surface area contributed by atoms with Crippen LogP contribution in [-0.4, -0.2) is 31.8 Å². The second-order valence-electron chi connectivity index (χ2n) is 7.96. The largest absolute Gasteiger partial charge is 0.487 e. The quantitative estimate of drug-likeness (QED) is 0.188. The van der Waals surface area contributed by atoms with Crippen LogP contribution in [0.15, 0.2) is 54.8 Å². The molecule has 2 heterocycles. The molecule has 0 N–H and O–H groups in total. The first-order valence-corrected chi connectivity index (χ1v) is 10.6. The van der Waals surface area contributed by atoms with E-state index in [1.165, 1.54) is 30.3 Å². The molecule has 4 aromatic rings. The first-order chi connectivity index (χ1) is 17.0. The number of hydrogen-bond donors (Lipinski definition) is 0. The number of carbonyl (C=O) groups is 1. The van der Waals surface area contributed by atoms with Crippen molar-refractivity contribution in [2.75, 3.05) is 13.2 Å². The van der Waals surface area contributed by atoms with E-state index in [0.717, 1.165) is 6.07 Å². The van der Waals surface area contributed by atoms with Crippen LogP contribution in [0.3, 0.4) is 0 Å². The zero-order chi connectivity index (χ0) is 26.1. The third kappa shape index (κ3) is 5.09. The fourth-order valence-corrected chi connectivity index (χ4v) is 3.65. The van der Waals surface area contributed by atoms with Gasteiger partial charge in [0.25, 0.3) is 12.9 Å². The molecule has 0 radical (unpaired) electrons. The molecule has 0 aliphatic rings. The summed E-state index contributed by atoms with van der Waals surface area (Å²) in [5.41, 5.74) is -2.13. The van der Waals surface area contributed by atoms with Gasteiger partial charge in [0.15, 0.2) is 0 Å². The molecular formula is C25H18F4O7. The summed E-state index contributed by atoms with van der Waals surface area (Å²) >= 11 is 0. The number of halogens is 4. The van der Waals surface area contributed by atoms with Gasteiger partial charge >= 0.3 is 11.3 Å². The van der Waals surface area contributed by atoms with E-state index in [1.54, 1.807) is 13.8 Å². The Balaban J connectivity index is 1.80. The summed E-state index contributed by atoms with van der Waals surface area (Å²) in [6.07, 6.45) is -5.46. The van der Waals surface area contributed by atoms with Gasteiger partial charge in [-0.2, -0.15) is 0 Å². The summed E-state index contributed by atoms with van der Waals surface area (Å²) in [4.78, 5) is 38.4. The third-order valence-electron chi connectivity index (χ3n) is 5.22. The van der Waals surface area contributed by atoms with E-state index in [0.29, 0.717) is 16.5 Å². The topological polar surface area (TPSA) is 96.0 Å². The van der Waals surface area contributed by atoms with E-state index in [9.17, 15) is 31.9 Å². The van der Waals surface area contributed by atoms with Crippen LogP contribution >= 0.6 is 0 Å². The smallest absolute Gasteiger partial charge is 0.347 e. The fourth-order valence-electron chi connectivity index (χ4n) is 3.65. The lowest BCUT2D eigenvalue weighted by Gasteiger charge is -2.11. The van der Waals surface area contributed by atoms with E-state index in [1.807, 2.05) is 0 Å². The second kappa shape index (κ2) is 9.84. The molecule has 0 saturated heterocycles. The van der Waals surface area contributed by atoms with Gasteiger partial charge in [0, 0.05) is 11.5 Å². The van der Waals surface area contributed by atoms with Crippen molar-refractivity contribution < 1.29 is 40.7 Å². The van der Waals surface area contributed by atoms with Crippen molar-refractivity contribution in [3.05, 3.63) is 79.5 Å². The number of carbonyl (C=O) groups excluding carboxylic acids is 1. The lowest BCUT2D eigenvalue weighted by molar-refractivity contribution is 0.0818. The first-order valence-electron chi connectivity index (χ1n) is 10.6. The van der Waals surface area contributed by atoms with Crippen LogP contribution in [-0.2, 0) is 0 Å². The molecule has 0 aliphatic heterocycles. The highest BCUT2D eigenvalue weighted by atomic mass is 19.3. The highest BCUT2D eigenvalue weighted by molar-refractivity contribution is 6.11. The van der Waals surface area contributed by atoms with E-state index < -0.39 is 54.2 Å². The van der Waals surface area contributed by atoms with Crippen LogP contribution in [0.4, 0.5) is 17.6 Å². The summed E-state index contributed by atoms with van der Waals surface area (Å²) < 4.78 is 70.8. The van der Waals surface area contributed by atoms with Gasteiger partial charge < -0.3 is 18.3 Å². The maximum absolute atomic E-state index is 13.2.